The molecule has 0 fully saturated rings. The lowest BCUT2D eigenvalue weighted by atomic mass is 10.2. The van der Waals surface area contributed by atoms with Crippen LogP contribution in [-0.4, -0.2) is 60.8 Å². The van der Waals surface area contributed by atoms with Crippen LogP contribution >= 0.6 is 0 Å². The van der Waals surface area contributed by atoms with Crippen molar-refractivity contribution < 1.29 is 23.8 Å². The summed E-state index contributed by atoms with van der Waals surface area (Å²) in [6.07, 6.45) is -0.790. The molecule has 0 saturated heterocycles. The Kier molecular flexibility index (Phi) is 7.33. The highest BCUT2D eigenvalue weighted by Gasteiger charge is 2.16. The van der Waals surface area contributed by atoms with Gasteiger partial charge in [0.2, 0.25) is 5.91 Å². The molecule has 0 aliphatic carbocycles. The van der Waals surface area contributed by atoms with Gasteiger partial charge in [0.1, 0.15) is 5.82 Å². The Hall–Kier alpha value is -3.14. The predicted octanol–water partition coefficient (Wildman–Crippen LogP) is 1.03. The minimum atomic E-state index is -0.790. The number of benzene rings is 1. The fourth-order valence-corrected chi connectivity index (χ4v) is 2.60. The van der Waals surface area contributed by atoms with Gasteiger partial charge in [-0.1, -0.05) is 6.92 Å². The predicted molar refractivity (Wildman–Crippen MR) is 102 cm³/mol. The molecule has 0 aliphatic heterocycles. The number of H-pyrrole nitrogens is 1. The number of alkyl carbamates (subject to hydrolysis) is 1. The van der Waals surface area contributed by atoms with Crippen LogP contribution < -0.4 is 20.3 Å². The highest BCUT2D eigenvalue weighted by Crippen LogP contribution is 2.29. The lowest BCUT2D eigenvalue weighted by molar-refractivity contribution is -0.121. The molecule has 2 amide bonds. The summed E-state index contributed by atoms with van der Waals surface area (Å²) in [5.41, 5.74) is 0.122. The number of fused-ring (bicyclic) bond motifs is 1. The van der Waals surface area contributed by atoms with E-state index >= 15 is 0 Å². The molecule has 10 nitrogen and oxygen atoms in total. The third kappa shape index (κ3) is 5.19. The molecule has 1 aromatic heterocycles. The van der Waals surface area contributed by atoms with Crippen molar-refractivity contribution >= 4 is 22.9 Å². The van der Waals surface area contributed by atoms with Crippen LogP contribution in [0.2, 0.25) is 0 Å². The number of hydrogen-bond acceptors (Lipinski definition) is 8. The second kappa shape index (κ2) is 9.70. The fourth-order valence-electron chi connectivity index (χ4n) is 2.60. The van der Waals surface area contributed by atoms with E-state index in [9.17, 15) is 14.4 Å². The summed E-state index contributed by atoms with van der Waals surface area (Å²) in [6, 6.07) is 3.19. The van der Waals surface area contributed by atoms with Gasteiger partial charge in [-0.2, -0.15) is 0 Å². The average Bonchev–Trinajstić information content (AvgIpc) is 2.66. The first kappa shape index (κ1) is 21.2. The lowest BCUT2D eigenvalue weighted by Crippen LogP contribution is -2.40. The van der Waals surface area contributed by atoms with Crippen LogP contribution in [0.25, 0.3) is 10.9 Å². The van der Waals surface area contributed by atoms with Crippen LogP contribution in [0.4, 0.5) is 4.79 Å². The van der Waals surface area contributed by atoms with Crippen molar-refractivity contribution in [3.05, 3.63) is 28.3 Å². The van der Waals surface area contributed by atoms with E-state index < -0.39 is 12.0 Å². The van der Waals surface area contributed by atoms with E-state index in [1.54, 1.807) is 24.0 Å². The molecule has 0 aliphatic rings. The largest absolute Gasteiger partial charge is 0.493 e. The molecule has 2 N–H and O–H groups in total. The second-order valence-corrected chi connectivity index (χ2v) is 5.81. The zero-order chi connectivity index (χ0) is 20.7. The summed E-state index contributed by atoms with van der Waals surface area (Å²) in [5.74, 6) is 0.770. The number of amides is 2. The molecule has 2 rings (SSSR count). The summed E-state index contributed by atoms with van der Waals surface area (Å²) in [7, 11) is 2.99. The van der Waals surface area contributed by atoms with Crippen molar-refractivity contribution in [2.45, 2.75) is 20.4 Å². The summed E-state index contributed by atoms with van der Waals surface area (Å²) in [4.78, 5) is 44.6. The third-order valence-corrected chi connectivity index (χ3v) is 3.96. The van der Waals surface area contributed by atoms with E-state index in [1.165, 1.54) is 14.2 Å². The summed E-state index contributed by atoms with van der Waals surface area (Å²) in [6.45, 7) is 4.34. The number of imide groups is 1. The highest BCUT2D eigenvalue weighted by molar-refractivity contribution is 5.92. The zero-order valence-electron chi connectivity index (χ0n) is 16.3. The number of carbonyl (C=O) groups excluding carboxylic acids is 2. The maximum Gasteiger partial charge on any atom is 0.413 e. The van der Waals surface area contributed by atoms with E-state index in [2.05, 4.69) is 20.0 Å². The Labute approximate surface area is 161 Å². The molecule has 1 aromatic carbocycles. The van der Waals surface area contributed by atoms with Crippen LogP contribution in [-0.2, 0) is 16.1 Å². The van der Waals surface area contributed by atoms with Gasteiger partial charge in [-0.25, -0.2) is 9.78 Å². The van der Waals surface area contributed by atoms with Crippen LogP contribution in [0.15, 0.2) is 16.9 Å². The summed E-state index contributed by atoms with van der Waals surface area (Å²) >= 11 is 0. The summed E-state index contributed by atoms with van der Waals surface area (Å²) in [5, 5.41) is 2.50. The Balaban J connectivity index is 2.20. The molecule has 152 valence electrons. The molecule has 0 atom stereocenters. The van der Waals surface area contributed by atoms with Gasteiger partial charge in [0.25, 0.3) is 5.56 Å². The highest BCUT2D eigenvalue weighted by atomic mass is 16.5. The Morgan fingerprint density at radius 1 is 1.18 bits per heavy atom. The van der Waals surface area contributed by atoms with Crippen molar-refractivity contribution in [2.75, 3.05) is 33.9 Å². The molecule has 28 heavy (non-hydrogen) atoms. The Morgan fingerprint density at radius 3 is 2.46 bits per heavy atom. The topological polar surface area (TPSA) is 123 Å². The quantitative estimate of drug-likeness (QED) is 0.683. The molecular weight excluding hydrogens is 368 g/mol. The number of hydrogen-bond donors (Lipinski definition) is 2. The first-order valence-corrected chi connectivity index (χ1v) is 8.75. The van der Waals surface area contributed by atoms with Gasteiger partial charge in [-0.15, -0.1) is 0 Å². The second-order valence-electron chi connectivity index (χ2n) is 5.81. The van der Waals surface area contributed by atoms with Gasteiger partial charge in [-0.05, 0) is 19.5 Å². The van der Waals surface area contributed by atoms with Crippen LogP contribution in [0.3, 0.4) is 0 Å². The molecule has 10 heteroatoms. The normalized spacial score (nSPS) is 10.8. The van der Waals surface area contributed by atoms with E-state index in [-0.39, 0.29) is 25.3 Å². The van der Waals surface area contributed by atoms with Crippen molar-refractivity contribution in [3.8, 4) is 11.5 Å². The van der Waals surface area contributed by atoms with Gasteiger partial charge in [-0.3, -0.25) is 19.8 Å². The maximum atomic E-state index is 12.4. The van der Waals surface area contributed by atoms with Crippen LogP contribution in [0, 0.1) is 0 Å². The number of methoxy groups -OCH3 is 2. The Bertz CT molecular complexity index is 911. The molecule has 0 spiro atoms. The Morgan fingerprint density at radius 2 is 1.86 bits per heavy atom. The molecular formula is C18H24N4O6. The zero-order valence-corrected chi connectivity index (χ0v) is 16.3. The smallest absolute Gasteiger partial charge is 0.413 e. The van der Waals surface area contributed by atoms with Gasteiger partial charge in [0, 0.05) is 6.07 Å². The number of ether oxygens (including phenoxy) is 3. The summed E-state index contributed by atoms with van der Waals surface area (Å²) < 4.78 is 15.1. The minimum Gasteiger partial charge on any atom is -0.493 e. The van der Waals surface area contributed by atoms with Crippen molar-refractivity contribution in [1.82, 2.24) is 20.2 Å². The third-order valence-electron chi connectivity index (χ3n) is 3.96. The molecule has 2 aromatic rings. The molecule has 0 unspecified atom stereocenters. The molecule has 0 radical (unpaired) electrons. The number of carbonyl (C=O) groups is 2. The van der Waals surface area contributed by atoms with E-state index in [0.717, 1.165) is 0 Å². The first-order chi connectivity index (χ1) is 13.4. The molecule has 0 saturated carbocycles. The molecule has 0 bridgehead atoms. The van der Waals surface area contributed by atoms with Crippen molar-refractivity contribution in [1.29, 1.82) is 0 Å². The fraction of sp³-hybridized carbons (Fsp3) is 0.444. The maximum absolute atomic E-state index is 12.4. The monoisotopic (exact) mass is 392 g/mol. The van der Waals surface area contributed by atoms with E-state index in [4.69, 9.17) is 9.47 Å². The number of aromatic nitrogens is 2. The van der Waals surface area contributed by atoms with Crippen molar-refractivity contribution in [3.63, 3.8) is 0 Å². The van der Waals surface area contributed by atoms with Gasteiger partial charge in [0.15, 0.2) is 11.5 Å². The van der Waals surface area contributed by atoms with E-state index in [1.807, 2.05) is 6.92 Å². The van der Waals surface area contributed by atoms with Gasteiger partial charge in [0.05, 0.1) is 44.8 Å². The van der Waals surface area contributed by atoms with Crippen LogP contribution in [0.5, 0.6) is 11.5 Å². The standard InChI is InChI=1S/C18H24N4O6/c1-5-22(10-16(23)21-18(25)28-6-2)9-15-19-12-8-14(27-4)13(26-3)7-11(12)17(24)20-15/h7-8H,5-6,9-10H2,1-4H3,(H,19,20,24)(H,21,23,25). The van der Waals surface area contributed by atoms with E-state index in [0.29, 0.717) is 34.8 Å². The molecule has 1 heterocycles. The number of aromatic amines is 1. The SMILES string of the molecule is CCOC(=O)NC(=O)CN(CC)Cc1nc2cc(OC)c(OC)cc2c(=O)[nH]1. The van der Waals surface area contributed by atoms with Crippen LogP contribution in [0.1, 0.15) is 19.7 Å². The number of nitrogens with one attached hydrogen (secondary N) is 2. The first-order valence-electron chi connectivity index (χ1n) is 8.75. The number of rotatable bonds is 8. The number of likely N-dealkylation sites (N-methyl/N-ethyl adjacent to an activating group) is 1. The minimum absolute atomic E-state index is 0.0526. The van der Waals surface area contributed by atoms with Gasteiger partial charge < -0.3 is 19.2 Å². The number of nitrogens with zero attached hydrogens (tertiary/aromatic N) is 2. The van der Waals surface area contributed by atoms with Crippen molar-refractivity contribution in [2.24, 2.45) is 0 Å². The lowest BCUT2D eigenvalue weighted by Gasteiger charge is -2.19. The average molecular weight is 392 g/mol. The van der Waals surface area contributed by atoms with Gasteiger partial charge >= 0.3 is 6.09 Å².